The summed E-state index contributed by atoms with van der Waals surface area (Å²) in [7, 11) is 0. The Labute approximate surface area is 121 Å². The normalized spacial score (nSPS) is 15.6. The first-order valence-electron chi connectivity index (χ1n) is 6.93. The van der Waals surface area contributed by atoms with Gasteiger partial charge in [0.25, 0.3) is 0 Å². The molecule has 20 heavy (non-hydrogen) atoms. The van der Waals surface area contributed by atoms with Crippen molar-refractivity contribution in [2.24, 2.45) is 0 Å². The summed E-state index contributed by atoms with van der Waals surface area (Å²) in [6, 6.07) is 10.0. The summed E-state index contributed by atoms with van der Waals surface area (Å²) in [5.74, 6) is 0.0905. The van der Waals surface area contributed by atoms with Crippen LogP contribution in [0.15, 0.2) is 30.3 Å². The van der Waals surface area contributed by atoms with Gasteiger partial charge in [-0.25, -0.2) is 0 Å². The van der Waals surface area contributed by atoms with Gasteiger partial charge in [0.1, 0.15) is 0 Å². The molecule has 4 rings (SSSR count). The molecule has 0 bridgehead atoms. The first-order valence-corrected chi connectivity index (χ1v) is 7.30. The summed E-state index contributed by atoms with van der Waals surface area (Å²) < 4.78 is 0. The molecule has 0 spiro atoms. The molecule has 2 aliphatic carbocycles. The van der Waals surface area contributed by atoms with E-state index in [0.29, 0.717) is 5.02 Å². The average Bonchev–Trinajstić information content (AvgIpc) is 2.48. The predicted molar refractivity (Wildman–Crippen MR) is 81.0 cm³/mol. The Morgan fingerprint density at radius 3 is 2.85 bits per heavy atom. The van der Waals surface area contributed by atoms with Crippen LogP contribution >= 0.6 is 11.6 Å². The van der Waals surface area contributed by atoms with Crippen molar-refractivity contribution < 1.29 is 4.79 Å². The molecule has 0 heterocycles. The Hall–Kier alpha value is -1.86. The topological polar surface area (TPSA) is 17.1 Å². The molecule has 2 heteroatoms. The number of hydrogen-bond donors (Lipinski definition) is 0. The molecule has 98 valence electrons. The zero-order chi connectivity index (χ0) is 13.7. The minimum absolute atomic E-state index is 0.0905. The molecular weight excluding hydrogens is 268 g/mol. The van der Waals surface area contributed by atoms with Gasteiger partial charge in [0.2, 0.25) is 0 Å². The van der Waals surface area contributed by atoms with Crippen LogP contribution in [0, 0.1) is 10.4 Å². The number of benzene rings is 2. The van der Waals surface area contributed by atoms with E-state index in [-0.39, 0.29) is 5.78 Å². The van der Waals surface area contributed by atoms with E-state index in [0.717, 1.165) is 40.5 Å². The lowest BCUT2D eigenvalue weighted by Crippen LogP contribution is -2.23. The number of ketones is 1. The van der Waals surface area contributed by atoms with Crippen molar-refractivity contribution >= 4 is 29.5 Å². The van der Waals surface area contributed by atoms with E-state index in [4.69, 9.17) is 11.6 Å². The highest BCUT2D eigenvalue weighted by atomic mass is 35.5. The molecule has 0 saturated heterocycles. The van der Waals surface area contributed by atoms with Gasteiger partial charge in [-0.1, -0.05) is 41.9 Å². The van der Waals surface area contributed by atoms with Gasteiger partial charge in [0.05, 0.1) is 0 Å². The van der Waals surface area contributed by atoms with Gasteiger partial charge >= 0.3 is 0 Å². The SMILES string of the molecule is O=C1C=c2c(Cl)cccc2=c2ccc3c(c21)CCCC=3. The molecule has 2 aliphatic rings. The number of halogens is 1. The maximum atomic E-state index is 12.5. The van der Waals surface area contributed by atoms with E-state index >= 15 is 0 Å². The second kappa shape index (κ2) is 4.32. The molecule has 0 amide bonds. The molecule has 0 aliphatic heterocycles. The number of rotatable bonds is 0. The highest BCUT2D eigenvalue weighted by Crippen LogP contribution is 2.18. The van der Waals surface area contributed by atoms with Gasteiger partial charge in [0.15, 0.2) is 5.78 Å². The monoisotopic (exact) mass is 280 g/mol. The van der Waals surface area contributed by atoms with Crippen molar-refractivity contribution in [1.29, 1.82) is 0 Å². The van der Waals surface area contributed by atoms with Crippen molar-refractivity contribution in [1.82, 2.24) is 0 Å². The fourth-order valence-corrected chi connectivity index (χ4v) is 3.52. The van der Waals surface area contributed by atoms with Crippen LogP contribution in [0.1, 0.15) is 28.8 Å². The maximum absolute atomic E-state index is 12.5. The largest absolute Gasteiger partial charge is 0.289 e. The van der Waals surface area contributed by atoms with Crippen LogP contribution in [0.3, 0.4) is 0 Å². The maximum Gasteiger partial charge on any atom is 0.187 e. The molecule has 0 aromatic heterocycles. The molecule has 2 aromatic carbocycles. The Morgan fingerprint density at radius 2 is 1.95 bits per heavy atom. The van der Waals surface area contributed by atoms with E-state index in [1.54, 1.807) is 6.08 Å². The second-order valence-corrected chi connectivity index (χ2v) is 5.77. The molecule has 2 aromatic rings. The van der Waals surface area contributed by atoms with E-state index in [1.165, 1.54) is 10.8 Å². The van der Waals surface area contributed by atoms with Crippen LogP contribution in [0.5, 0.6) is 0 Å². The molecule has 0 saturated carbocycles. The predicted octanol–water partition coefficient (Wildman–Crippen LogP) is 2.72. The molecule has 0 N–H and O–H groups in total. The fraction of sp³-hybridized carbons (Fsp3) is 0.167. The highest BCUT2D eigenvalue weighted by molar-refractivity contribution is 6.31. The Balaban J connectivity index is 2.31. The van der Waals surface area contributed by atoms with Crippen LogP contribution in [0.2, 0.25) is 5.02 Å². The summed E-state index contributed by atoms with van der Waals surface area (Å²) >= 11 is 6.23. The minimum atomic E-state index is 0.0905. The Bertz CT molecular complexity index is 954. The highest BCUT2D eigenvalue weighted by Gasteiger charge is 2.17. The number of fused-ring (bicyclic) bond motifs is 4. The van der Waals surface area contributed by atoms with Gasteiger partial charge in [-0.3, -0.25) is 4.79 Å². The van der Waals surface area contributed by atoms with E-state index in [9.17, 15) is 4.79 Å². The zero-order valence-corrected chi connectivity index (χ0v) is 11.7. The number of Topliss-reactive ketones (excluding diaryl/α,β-unsaturated/α-hetero) is 1. The van der Waals surface area contributed by atoms with Crippen molar-refractivity contribution in [2.75, 3.05) is 0 Å². The number of carbonyl (C=O) groups is 1. The first-order chi connectivity index (χ1) is 9.75. The van der Waals surface area contributed by atoms with Gasteiger partial charge in [-0.05, 0) is 52.6 Å². The van der Waals surface area contributed by atoms with Gasteiger partial charge in [0, 0.05) is 15.8 Å². The van der Waals surface area contributed by atoms with Gasteiger partial charge in [-0.2, -0.15) is 0 Å². The molecule has 1 nitrogen and oxygen atoms in total. The standard InChI is InChI=1S/C18H13ClO/c19-16-7-3-6-13-14-9-8-11-4-1-2-5-12(11)18(14)17(20)10-15(13)16/h3-4,6-10H,1-2,5H2. The van der Waals surface area contributed by atoms with Crippen LogP contribution in [0.4, 0.5) is 0 Å². The summed E-state index contributed by atoms with van der Waals surface area (Å²) in [5, 5.41) is 4.82. The fourth-order valence-electron chi connectivity index (χ4n) is 3.29. The molecule has 0 fully saturated rings. The van der Waals surface area contributed by atoms with E-state index in [2.05, 4.69) is 18.2 Å². The third-order valence-electron chi connectivity index (χ3n) is 4.21. The molecule has 0 atom stereocenters. The lowest BCUT2D eigenvalue weighted by atomic mass is 9.88. The van der Waals surface area contributed by atoms with E-state index < -0.39 is 0 Å². The molecular formula is C18H13ClO. The second-order valence-electron chi connectivity index (χ2n) is 5.36. The Kier molecular flexibility index (Phi) is 2.58. The summed E-state index contributed by atoms with van der Waals surface area (Å²) in [5.41, 5.74) is 2.09. The minimum Gasteiger partial charge on any atom is -0.289 e. The average molecular weight is 281 g/mol. The third-order valence-corrected chi connectivity index (χ3v) is 4.54. The van der Waals surface area contributed by atoms with Crippen LogP contribution in [-0.2, 0) is 6.42 Å². The quantitative estimate of drug-likeness (QED) is 0.725. The number of hydrogen-bond acceptors (Lipinski definition) is 1. The summed E-state index contributed by atoms with van der Waals surface area (Å²) in [6.07, 6.45) is 7.14. The van der Waals surface area contributed by atoms with Gasteiger partial charge < -0.3 is 0 Å². The lowest BCUT2D eigenvalue weighted by Gasteiger charge is -2.15. The first kappa shape index (κ1) is 11.9. The third kappa shape index (κ3) is 1.60. The van der Waals surface area contributed by atoms with Crippen molar-refractivity contribution in [3.63, 3.8) is 0 Å². The van der Waals surface area contributed by atoms with Crippen molar-refractivity contribution in [3.8, 4) is 0 Å². The van der Waals surface area contributed by atoms with Crippen LogP contribution < -0.4 is 10.4 Å². The number of carbonyl (C=O) groups excluding carboxylic acids is 1. The molecule has 0 unspecified atom stereocenters. The summed E-state index contributed by atoms with van der Waals surface area (Å²) in [6.45, 7) is 0. The smallest absolute Gasteiger partial charge is 0.187 e. The van der Waals surface area contributed by atoms with Crippen LogP contribution in [-0.4, -0.2) is 5.78 Å². The summed E-state index contributed by atoms with van der Waals surface area (Å²) in [4.78, 5) is 12.5. The van der Waals surface area contributed by atoms with Gasteiger partial charge in [-0.15, -0.1) is 0 Å². The Morgan fingerprint density at radius 1 is 1.05 bits per heavy atom. The van der Waals surface area contributed by atoms with E-state index in [1.807, 2.05) is 18.2 Å². The lowest BCUT2D eigenvalue weighted by molar-refractivity contribution is 0.105. The molecule has 0 radical (unpaired) electrons. The van der Waals surface area contributed by atoms with Crippen LogP contribution in [0.25, 0.3) is 12.2 Å². The van der Waals surface area contributed by atoms with Crippen molar-refractivity contribution in [3.05, 3.63) is 67.4 Å². The zero-order valence-electron chi connectivity index (χ0n) is 10.9. The van der Waals surface area contributed by atoms with Crippen molar-refractivity contribution in [2.45, 2.75) is 19.3 Å².